The summed E-state index contributed by atoms with van der Waals surface area (Å²) in [6.07, 6.45) is 3.64. The zero-order valence-corrected chi connectivity index (χ0v) is 21.5. The predicted molar refractivity (Wildman–Crippen MR) is 146 cm³/mol. The molecule has 1 saturated heterocycles. The van der Waals surface area contributed by atoms with Gasteiger partial charge in [-0.25, -0.2) is 14.8 Å². The molecule has 0 spiro atoms. The molecule has 39 heavy (non-hydrogen) atoms. The van der Waals surface area contributed by atoms with Crippen LogP contribution in [0.2, 0.25) is 0 Å². The highest BCUT2D eigenvalue weighted by Gasteiger charge is 2.36. The summed E-state index contributed by atoms with van der Waals surface area (Å²) in [5.74, 6) is 1.81. The summed E-state index contributed by atoms with van der Waals surface area (Å²) in [6.45, 7) is 4.49. The van der Waals surface area contributed by atoms with Crippen LogP contribution in [0, 0.1) is 0 Å². The van der Waals surface area contributed by atoms with Gasteiger partial charge in [-0.3, -0.25) is 0 Å². The summed E-state index contributed by atoms with van der Waals surface area (Å²) >= 11 is 0. The third kappa shape index (κ3) is 6.32. The number of benzene rings is 2. The van der Waals surface area contributed by atoms with Crippen LogP contribution < -0.4 is 25.0 Å². The number of anilines is 3. The van der Waals surface area contributed by atoms with E-state index in [0.717, 1.165) is 31.7 Å². The van der Waals surface area contributed by atoms with Crippen molar-refractivity contribution < 1.29 is 19.4 Å². The second kappa shape index (κ2) is 11.2. The number of hydrogen-bond donors (Lipinski definition) is 2. The van der Waals surface area contributed by atoms with E-state index in [2.05, 4.69) is 29.7 Å². The van der Waals surface area contributed by atoms with Crippen LogP contribution in [-0.4, -0.2) is 62.8 Å². The summed E-state index contributed by atoms with van der Waals surface area (Å²) in [6, 6.07) is 19.6. The van der Waals surface area contributed by atoms with E-state index >= 15 is 0 Å². The van der Waals surface area contributed by atoms with E-state index in [4.69, 9.17) is 15.2 Å². The molecule has 2 aromatic heterocycles. The van der Waals surface area contributed by atoms with Crippen molar-refractivity contribution in [2.45, 2.75) is 18.9 Å². The largest absolute Gasteiger partial charge is 0.478 e. The lowest BCUT2D eigenvalue weighted by Gasteiger charge is -2.35. The third-order valence-corrected chi connectivity index (χ3v) is 6.37. The minimum absolute atomic E-state index is 0.114. The van der Waals surface area contributed by atoms with Crippen molar-refractivity contribution in [1.82, 2.24) is 19.9 Å². The van der Waals surface area contributed by atoms with Gasteiger partial charge in [0.15, 0.2) is 0 Å². The van der Waals surface area contributed by atoms with Gasteiger partial charge in [0, 0.05) is 51.1 Å². The number of aromatic nitrogens is 4. The van der Waals surface area contributed by atoms with Crippen molar-refractivity contribution in [1.29, 1.82) is 0 Å². The summed E-state index contributed by atoms with van der Waals surface area (Å²) in [4.78, 5) is 33.5. The number of aliphatic carboxylic acids is 1. The molecule has 4 aromatic rings. The maximum atomic E-state index is 12.0. The van der Waals surface area contributed by atoms with Crippen LogP contribution in [0.3, 0.4) is 0 Å². The Bertz CT molecular complexity index is 1400. The third-order valence-electron chi connectivity index (χ3n) is 6.37. The number of ether oxygens (including phenoxy) is 2. The molecule has 1 aliphatic heterocycles. The van der Waals surface area contributed by atoms with Crippen LogP contribution in [0.25, 0.3) is 0 Å². The van der Waals surface area contributed by atoms with E-state index in [0.29, 0.717) is 29.1 Å². The Kier molecular flexibility index (Phi) is 7.39. The van der Waals surface area contributed by atoms with Crippen LogP contribution >= 0.6 is 0 Å². The van der Waals surface area contributed by atoms with Gasteiger partial charge >= 0.3 is 5.97 Å². The van der Waals surface area contributed by atoms with Crippen LogP contribution in [0.15, 0.2) is 79.1 Å². The Hall–Kier alpha value is -4.93. The lowest BCUT2D eigenvalue weighted by molar-refractivity contribution is -0.153. The van der Waals surface area contributed by atoms with Crippen molar-refractivity contribution in [2.75, 3.05) is 41.7 Å². The molecule has 0 radical (unpaired) electrons. The van der Waals surface area contributed by atoms with E-state index in [9.17, 15) is 9.90 Å². The van der Waals surface area contributed by atoms with Gasteiger partial charge < -0.3 is 30.1 Å². The number of nitrogen functional groups attached to an aromatic ring is 1. The van der Waals surface area contributed by atoms with E-state index in [1.54, 1.807) is 80.0 Å². The van der Waals surface area contributed by atoms with Gasteiger partial charge in [-0.1, -0.05) is 30.3 Å². The minimum Gasteiger partial charge on any atom is -0.478 e. The molecule has 5 rings (SSSR count). The van der Waals surface area contributed by atoms with Crippen LogP contribution in [0.1, 0.15) is 12.5 Å². The molecule has 1 unspecified atom stereocenters. The van der Waals surface area contributed by atoms with Gasteiger partial charge in [-0.2, -0.15) is 9.97 Å². The molecule has 0 amide bonds. The summed E-state index contributed by atoms with van der Waals surface area (Å²) in [5, 5.41) is 9.85. The number of carbonyl (C=O) groups is 1. The van der Waals surface area contributed by atoms with Gasteiger partial charge in [0.25, 0.3) is 0 Å². The number of nitrogens with zero attached hydrogens (tertiary/aromatic N) is 6. The molecular weight excluding hydrogens is 498 g/mol. The molecule has 1 aliphatic rings. The molecule has 0 bridgehead atoms. The fourth-order valence-electron chi connectivity index (χ4n) is 4.32. The normalized spacial score (nSPS) is 14.9. The van der Waals surface area contributed by atoms with Gasteiger partial charge in [0.05, 0.1) is 0 Å². The highest BCUT2D eigenvalue weighted by molar-refractivity contribution is 5.78. The quantitative estimate of drug-likeness (QED) is 0.331. The van der Waals surface area contributed by atoms with Crippen LogP contribution in [-0.2, 0) is 11.2 Å². The lowest BCUT2D eigenvalue weighted by atomic mass is 9.96. The Morgan fingerprint density at radius 1 is 0.923 bits per heavy atom. The Labute approximate surface area is 225 Å². The SMILES string of the molecule is CC(Cc1ccc(Oc2cc(N3CCN(c4ncccn4)CC3)nc(N)n2)cc1)(Oc1ccccc1)C(=O)O. The minimum atomic E-state index is -1.43. The molecule has 2 aromatic carbocycles. The van der Waals surface area contributed by atoms with E-state index in [1.165, 1.54) is 0 Å². The summed E-state index contributed by atoms with van der Waals surface area (Å²) in [5.41, 5.74) is 5.34. The molecule has 3 N–H and O–H groups in total. The summed E-state index contributed by atoms with van der Waals surface area (Å²) in [7, 11) is 0. The molecule has 0 aliphatic carbocycles. The van der Waals surface area contributed by atoms with Crippen molar-refractivity contribution >= 4 is 23.7 Å². The standard InChI is InChI=1S/C28H29N7O4/c1-28(25(36)37,39-22-6-3-2-4-7-22)19-20-8-10-21(11-9-20)38-24-18-23(32-26(29)33-24)34-14-16-35(17-15-34)27-30-12-5-13-31-27/h2-13,18H,14-17,19H2,1H3,(H,36,37)(H2,29,32,33). The van der Waals surface area contributed by atoms with E-state index in [-0.39, 0.29) is 12.4 Å². The summed E-state index contributed by atoms with van der Waals surface area (Å²) < 4.78 is 11.8. The monoisotopic (exact) mass is 527 g/mol. The second-order valence-electron chi connectivity index (χ2n) is 9.32. The average molecular weight is 528 g/mol. The molecule has 1 fully saturated rings. The molecule has 11 nitrogen and oxygen atoms in total. The van der Waals surface area contributed by atoms with Crippen LogP contribution in [0.5, 0.6) is 17.4 Å². The predicted octanol–water partition coefficient (Wildman–Crippen LogP) is 3.43. The van der Waals surface area contributed by atoms with Gasteiger partial charge in [-0.05, 0) is 42.8 Å². The zero-order chi connectivity index (χ0) is 27.2. The molecular formula is C28H29N7O4. The number of carboxylic acid groups (broad SMARTS) is 1. The highest BCUT2D eigenvalue weighted by Crippen LogP contribution is 2.27. The number of carboxylic acids is 1. The number of piperazine rings is 1. The van der Waals surface area contributed by atoms with Gasteiger partial charge in [-0.15, -0.1) is 0 Å². The number of nitrogens with two attached hydrogens (primary N) is 1. The smallest absolute Gasteiger partial charge is 0.348 e. The second-order valence-corrected chi connectivity index (χ2v) is 9.32. The number of hydrogen-bond acceptors (Lipinski definition) is 10. The number of rotatable bonds is 9. The average Bonchev–Trinajstić information content (AvgIpc) is 2.95. The first kappa shape index (κ1) is 25.7. The molecule has 11 heteroatoms. The first-order valence-corrected chi connectivity index (χ1v) is 12.5. The van der Waals surface area contributed by atoms with Gasteiger partial charge in [0.1, 0.15) is 17.3 Å². The molecule has 1 atom stereocenters. The van der Waals surface area contributed by atoms with Crippen molar-refractivity contribution in [3.05, 3.63) is 84.7 Å². The van der Waals surface area contributed by atoms with Gasteiger partial charge in [0.2, 0.25) is 23.4 Å². The lowest BCUT2D eigenvalue weighted by Crippen LogP contribution is -2.47. The topological polar surface area (TPSA) is 140 Å². The first-order chi connectivity index (χ1) is 18.9. The Morgan fingerprint density at radius 3 is 2.26 bits per heavy atom. The Balaban J connectivity index is 1.23. The van der Waals surface area contributed by atoms with Crippen molar-refractivity contribution in [3.8, 4) is 17.4 Å². The van der Waals surface area contributed by atoms with Crippen LogP contribution in [0.4, 0.5) is 17.7 Å². The van der Waals surface area contributed by atoms with E-state index in [1.807, 2.05) is 6.07 Å². The maximum absolute atomic E-state index is 12.0. The highest BCUT2D eigenvalue weighted by atomic mass is 16.5. The fraction of sp³-hybridized carbons (Fsp3) is 0.250. The first-order valence-electron chi connectivity index (χ1n) is 12.5. The Morgan fingerprint density at radius 2 is 1.59 bits per heavy atom. The van der Waals surface area contributed by atoms with E-state index < -0.39 is 11.6 Å². The molecule has 3 heterocycles. The zero-order valence-electron chi connectivity index (χ0n) is 21.5. The fourth-order valence-corrected chi connectivity index (χ4v) is 4.32. The van der Waals surface area contributed by atoms with Crippen molar-refractivity contribution in [2.24, 2.45) is 0 Å². The van der Waals surface area contributed by atoms with Crippen molar-refractivity contribution in [3.63, 3.8) is 0 Å². The number of para-hydroxylation sites is 1. The molecule has 200 valence electrons. The maximum Gasteiger partial charge on any atom is 0.348 e. The molecule has 0 saturated carbocycles.